The van der Waals surface area contributed by atoms with Crippen LogP contribution in [-0.4, -0.2) is 94.4 Å². The predicted octanol–water partition coefficient (Wildman–Crippen LogP) is 4.76. The lowest BCUT2D eigenvalue weighted by Gasteiger charge is -2.31. The zero-order valence-corrected chi connectivity index (χ0v) is 26.2. The Labute approximate surface area is 271 Å². The van der Waals surface area contributed by atoms with Crippen LogP contribution in [0.1, 0.15) is 24.8 Å². The first-order valence-electron chi connectivity index (χ1n) is 15.1. The molecule has 0 spiro atoms. The van der Waals surface area contributed by atoms with Crippen molar-refractivity contribution in [1.82, 2.24) is 24.8 Å². The van der Waals surface area contributed by atoms with Crippen LogP contribution in [0.25, 0.3) is 32.2 Å². The second-order valence-corrected chi connectivity index (χ2v) is 13.3. The molecule has 47 heavy (non-hydrogen) atoms. The maximum Gasteiger partial charge on any atom is 0.319 e. The molecule has 7 rings (SSSR count). The van der Waals surface area contributed by atoms with Gasteiger partial charge in [0.2, 0.25) is 5.91 Å². The third-order valence-electron chi connectivity index (χ3n) is 9.60. The van der Waals surface area contributed by atoms with E-state index in [1.165, 1.54) is 22.1 Å². The van der Waals surface area contributed by atoms with Crippen molar-refractivity contribution in [3.8, 4) is 23.3 Å². The lowest BCUT2D eigenvalue weighted by Crippen LogP contribution is -2.43. The van der Waals surface area contributed by atoms with Crippen molar-refractivity contribution < 1.29 is 27.1 Å². The Bertz CT molecular complexity index is 1980. The average molecular weight is 667 g/mol. The zero-order valence-electron chi connectivity index (χ0n) is 25.3. The summed E-state index contributed by atoms with van der Waals surface area (Å²) in [5.41, 5.74) is 5.19. The highest BCUT2D eigenvalue weighted by Gasteiger charge is 2.49. The standard InChI is InChI=1S/C32H30F4N8O2S/c1-3-23(45)43-13-21(35)22(14-43)42(2)30-19-11-39-26(17-5-6-20(34)28-24(17)18(10-37)29(38)47-28)25(36)27(19)40-31(41-30)46-15-32-7-4-8-44(32)12-16(33)9-32/h3,5-6,11,16,21-22H,1,4,7-9,12-15,38H2,2H3/t16-,21+,22+,32+/m1/s1. The van der Waals surface area contributed by atoms with Gasteiger partial charge < -0.3 is 20.3 Å². The second kappa shape index (κ2) is 11.6. The number of nitrogen functional groups attached to an aromatic ring is 1. The number of thiophene rings is 1. The van der Waals surface area contributed by atoms with Crippen LogP contribution in [0.4, 0.5) is 28.4 Å². The van der Waals surface area contributed by atoms with Crippen molar-refractivity contribution in [1.29, 1.82) is 5.26 Å². The molecule has 15 heteroatoms. The molecule has 0 bridgehead atoms. The molecule has 0 saturated carbocycles. The van der Waals surface area contributed by atoms with Crippen LogP contribution in [0, 0.1) is 23.0 Å². The molecule has 3 aliphatic rings. The van der Waals surface area contributed by atoms with Crippen LogP contribution >= 0.6 is 11.3 Å². The second-order valence-electron chi connectivity index (χ2n) is 12.3. The predicted molar refractivity (Wildman–Crippen MR) is 170 cm³/mol. The molecule has 4 aromatic rings. The van der Waals surface area contributed by atoms with E-state index in [1.807, 2.05) is 6.07 Å². The van der Waals surface area contributed by atoms with Gasteiger partial charge in [0.15, 0.2) is 5.82 Å². The van der Waals surface area contributed by atoms with E-state index in [9.17, 15) is 18.8 Å². The lowest BCUT2D eigenvalue weighted by atomic mass is 9.95. The first-order valence-corrected chi connectivity index (χ1v) is 15.9. The first kappa shape index (κ1) is 31.1. The van der Waals surface area contributed by atoms with Gasteiger partial charge in [-0.15, -0.1) is 11.3 Å². The van der Waals surface area contributed by atoms with E-state index in [4.69, 9.17) is 10.5 Å². The van der Waals surface area contributed by atoms with Crippen LogP contribution < -0.4 is 15.4 Å². The van der Waals surface area contributed by atoms with E-state index in [1.54, 1.807) is 7.05 Å². The number of amides is 1. The van der Waals surface area contributed by atoms with Crippen LogP contribution in [0.3, 0.4) is 0 Å². The fraction of sp³-hybridized carbons (Fsp3) is 0.406. The molecule has 6 heterocycles. The van der Waals surface area contributed by atoms with Gasteiger partial charge in [-0.3, -0.25) is 14.7 Å². The van der Waals surface area contributed by atoms with Crippen molar-refractivity contribution in [3.63, 3.8) is 0 Å². The number of hydrogen-bond donors (Lipinski definition) is 1. The summed E-state index contributed by atoms with van der Waals surface area (Å²) in [5.74, 6) is -1.82. The number of pyridine rings is 1. The van der Waals surface area contributed by atoms with Gasteiger partial charge in [0.05, 0.1) is 33.8 Å². The van der Waals surface area contributed by atoms with Crippen LogP contribution in [-0.2, 0) is 4.79 Å². The molecule has 0 radical (unpaired) electrons. The molecule has 0 unspecified atom stereocenters. The fourth-order valence-electron chi connectivity index (χ4n) is 7.27. The van der Waals surface area contributed by atoms with Gasteiger partial charge in [-0.05, 0) is 37.6 Å². The highest BCUT2D eigenvalue weighted by molar-refractivity contribution is 7.23. The molecule has 3 aromatic heterocycles. The summed E-state index contributed by atoms with van der Waals surface area (Å²) in [6.07, 6.45) is 1.89. The number of carbonyl (C=O) groups is 1. The number of halogens is 4. The van der Waals surface area contributed by atoms with Gasteiger partial charge in [0, 0.05) is 43.7 Å². The number of likely N-dealkylation sites (tertiary alicyclic amines) is 1. The summed E-state index contributed by atoms with van der Waals surface area (Å²) in [4.78, 5) is 30.5. The Morgan fingerprint density at radius 3 is 2.87 bits per heavy atom. The van der Waals surface area contributed by atoms with Crippen LogP contribution in [0.5, 0.6) is 6.01 Å². The third-order valence-corrected chi connectivity index (χ3v) is 10.6. The SMILES string of the molecule is C=CC(=O)N1C[C@H](F)[C@@H](N(C)c2nc(OC[C@@]34CCCN3C[C@H](F)C4)nc3c(F)c(-c4ccc(F)c5sc(N)c(C#N)c45)ncc23)C1. The summed E-state index contributed by atoms with van der Waals surface area (Å²) in [6, 6.07) is 3.41. The van der Waals surface area contributed by atoms with Crippen molar-refractivity contribution in [2.45, 2.75) is 43.2 Å². The Morgan fingerprint density at radius 1 is 1.30 bits per heavy atom. The van der Waals surface area contributed by atoms with Crippen LogP contribution in [0.2, 0.25) is 0 Å². The first-order chi connectivity index (χ1) is 22.5. The topological polar surface area (TPSA) is 125 Å². The van der Waals surface area contributed by atoms with Crippen molar-refractivity contribution >= 4 is 49.1 Å². The Kier molecular flexibility index (Phi) is 7.67. The molecule has 1 aromatic carbocycles. The van der Waals surface area contributed by atoms with Gasteiger partial charge >= 0.3 is 6.01 Å². The maximum atomic E-state index is 16.7. The number of rotatable bonds is 7. The zero-order chi connectivity index (χ0) is 33.2. The third kappa shape index (κ3) is 5.01. The summed E-state index contributed by atoms with van der Waals surface area (Å²) >= 11 is 0.878. The molecular formula is C32H30F4N8O2S. The van der Waals surface area contributed by atoms with E-state index < -0.39 is 41.5 Å². The highest BCUT2D eigenvalue weighted by atomic mass is 32.1. The van der Waals surface area contributed by atoms with E-state index in [2.05, 4.69) is 26.4 Å². The fourth-order valence-corrected chi connectivity index (χ4v) is 8.22. The minimum absolute atomic E-state index is 0.00452. The Hall–Kier alpha value is -4.55. The molecule has 1 amide bonds. The molecular weight excluding hydrogens is 636 g/mol. The van der Waals surface area contributed by atoms with Crippen molar-refractivity contribution in [2.75, 3.05) is 50.5 Å². The molecule has 3 aliphatic heterocycles. The number of anilines is 2. The van der Waals surface area contributed by atoms with Crippen molar-refractivity contribution in [3.05, 3.63) is 48.2 Å². The van der Waals surface area contributed by atoms with Gasteiger partial charge in [-0.1, -0.05) is 6.58 Å². The largest absolute Gasteiger partial charge is 0.461 e. The minimum Gasteiger partial charge on any atom is -0.461 e. The molecule has 0 aliphatic carbocycles. The number of fused-ring (bicyclic) bond motifs is 3. The number of nitrogens with two attached hydrogens (primary N) is 1. The number of ether oxygens (including phenoxy) is 1. The molecule has 4 atom stereocenters. The quantitative estimate of drug-likeness (QED) is 0.220. The average Bonchev–Trinajstić information content (AvgIpc) is 3.80. The van der Waals surface area contributed by atoms with Gasteiger partial charge in [0.25, 0.3) is 0 Å². The number of likely N-dealkylation sites (N-methyl/N-ethyl adjacent to an activating group) is 1. The van der Waals surface area contributed by atoms with E-state index in [0.29, 0.717) is 13.0 Å². The van der Waals surface area contributed by atoms with E-state index in [-0.39, 0.29) is 74.3 Å². The van der Waals surface area contributed by atoms with E-state index in [0.717, 1.165) is 42.9 Å². The molecule has 3 saturated heterocycles. The lowest BCUT2D eigenvalue weighted by molar-refractivity contribution is -0.125. The summed E-state index contributed by atoms with van der Waals surface area (Å²) < 4.78 is 67.5. The number of aromatic nitrogens is 3. The molecule has 3 fully saturated rings. The monoisotopic (exact) mass is 666 g/mol. The maximum absolute atomic E-state index is 16.7. The number of nitriles is 1. The number of hydrogen-bond acceptors (Lipinski definition) is 10. The molecule has 10 nitrogen and oxygen atoms in total. The van der Waals surface area contributed by atoms with Gasteiger partial charge in [-0.25, -0.2) is 17.6 Å². The van der Waals surface area contributed by atoms with Crippen LogP contribution in [0.15, 0.2) is 31.0 Å². The summed E-state index contributed by atoms with van der Waals surface area (Å²) in [7, 11) is 1.58. The normalized spacial score (nSPS) is 24.2. The Morgan fingerprint density at radius 2 is 2.11 bits per heavy atom. The minimum atomic E-state index is -1.46. The van der Waals surface area contributed by atoms with Crippen molar-refractivity contribution in [2.24, 2.45) is 0 Å². The Balaban J connectivity index is 1.35. The number of carbonyl (C=O) groups excluding carboxylic acids is 1. The molecule has 244 valence electrons. The summed E-state index contributed by atoms with van der Waals surface area (Å²) in [6.45, 7) is 4.47. The number of benzene rings is 1. The van der Waals surface area contributed by atoms with E-state index >= 15 is 8.78 Å². The smallest absolute Gasteiger partial charge is 0.319 e. The highest BCUT2D eigenvalue weighted by Crippen LogP contribution is 2.43. The summed E-state index contributed by atoms with van der Waals surface area (Å²) in [5, 5.41) is 10.1. The van der Waals surface area contributed by atoms with Gasteiger partial charge in [0.1, 0.15) is 52.9 Å². The number of nitrogens with zero attached hydrogens (tertiary/aromatic N) is 7. The molecule has 2 N–H and O–H groups in total. The van der Waals surface area contributed by atoms with Gasteiger partial charge in [-0.2, -0.15) is 15.2 Å². The number of alkyl halides is 2.